The largest absolute Gasteiger partial charge is 0.464 e. The van der Waals surface area contributed by atoms with E-state index in [9.17, 15) is 14.4 Å². The molecule has 6 nitrogen and oxygen atoms in total. The van der Waals surface area contributed by atoms with Crippen molar-refractivity contribution in [3.8, 4) is 0 Å². The molecule has 1 unspecified atom stereocenters. The summed E-state index contributed by atoms with van der Waals surface area (Å²) in [5.74, 6) is -1.05. The van der Waals surface area contributed by atoms with Crippen LogP contribution in [0.3, 0.4) is 0 Å². The van der Waals surface area contributed by atoms with Crippen LogP contribution in [-0.2, 0) is 14.3 Å². The van der Waals surface area contributed by atoms with Gasteiger partial charge in [0.15, 0.2) is 0 Å². The van der Waals surface area contributed by atoms with E-state index in [1.807, 2.05) is 6.92 Å². The lowest BCUT2D eigenvalue weighted by Gasteiger charge is -2.43. The Bertz CT molecular complexity index is 1010. The molecule has 2 amide bonds. The Labute approximate surface area is 188 Å². The Morgan fingerprint density at radius 3 is 2.52 bits per heavy atom. The van der Waals surface area contributed by atoms with Crippen molar-refractivity contribution in [1.82, 2.24) is 4.90 Å². The van der Waals surface area contributed by atoms with Gasteiger partial charge in [-0.2, -0.15) is 0 Å². The molecule has 0 aliphatic carbocycles. The van der Waals surface area contributed by atoms with Crippen molar-refractivity contribution < 1.29 is 19.1 Å². The number of carbonyl (C=O) groups is 3. The summed E-state index contributed by atoms with van der Waals surface area (Å²) in [5.41, 5.74) is 5.31. The van der Waals surface area contributed by atoms with E-state index >= 15 is 0 Å². The zero-order chi connectivity index (χ0) is 23.1. The summed E-state index contributed by atoms with van der Waals surface area (Å²) >= 11 is 0.858. The number of carbonyl (C=O) groups excluding carboxylic acids is 3. The summed E-state index contributed by atoms with van der Waals surface area (Å²) < 4.78 is 4.97. The van der Waals surface area contributed by atoms with Crippen LogP contribution >= 0.6 is 11.8 Å². The van der Waals surface area contributed by atoms with Gasteiger partial charge < -0.3 is 9.64 Å². The van der Waals surface area contributed by atoms with Crippen LogP contribution in [0.25, 0.3) is 11.6 Å². The molecule has 1 atom stereocenters. The number of ether oxygens (including phenoxy) is 1. The number of anilines is 1. The molecule has 0 saturated carbocycles. The second kappa shape index (κ2) is 8.54. The van der Waals surface area contributed by atoms with E-state index in [1.54, 1.807) is 13.0 Å². The van der Waals surface area contributed by atoms with E-state index in [4.69, 9.17) is 4.74 Å². The fourth-order valence-corrected chi connectivity index (χ4v) is 5.20. The first-order valence-corrected chi connectivity index (χ1v) is 11.4. The average Bonchev–Trinajstić information content (AvgIpc) is 2.95. The maximum absolute atomic E-state index is 12.9. The molecule has 2 aliphatic rings. The first-order valence-electron chi connectivity index (χ1n) is 10.6. The number of benzene rings is 1. The Morgan fingerprint density at radius 2 is 1.90 bits per heavy atom. The molecular formula is C24H30N2O4S. The quantitative estimate of drug-likeness (QED) is 0.472. The SMILES string of the molecule is CCOC(=O)C(C)N1C(=O)S/C(=C/c2cc3c(cc2C)N(CC)C(C)(C)C=C3C)C1=O. The fraction of sp³-hybridized carbons (Fsp3) is 0.458. The first kappa shape index (κ1) is 23.1. The second-order valence-corrected chi connectivity index (χ2v) is 9.42. The van der Waals surface area contributed by atoms with E-state index in [1.165, 1.54) is 18.2 Å². The maximum Gasteiger partial charge on any atom is 0.329 e. The molecule has 0 radical (unpaired) electrons. The van der Waals surface area contributed by atoms with Crippen LogP contribution in [0.15, 0.2) is 23.1 Å². The van der Waals surface area contributed by atoms with Gasteiger partial charge >= 0.3 is 5.97 Å². The van der Waals surface area contributed by atoms with Crippen molar-refractivity contribution in [2.45, 2.75) is 60.0 Å². The van der Waals surface area contributed by atoms with Crippen LogP contribution in [0.4, 0.5) is 10.5 Å². The zero-order valence-corrected chi connectivity index (χ0v) is 20.1. The number of hydrogen-bond donors (Lipinski definition) is 0. The predicted octanol–water partition coefficient (Wildman–Crippen LogP) is 5.00. The van der Waals surface area contributed by atoms with Crippen molar-refractivity contribution in [1.29, 1.82) is 0 Å². The number of esters is 1. The number of aryl methyl sites for hydroxylation is 1. The Balaban J connectivity index is 1.98. The second-order valence-electron chi connectivity index (χ2n) is 8.43. The molecule has 1 fully saturated rings. The number of fused-ring (bicyclic) bond motifs is 1. The average molecular weight is 443 g/mol. The van der Waals surface area contributed by atoms with Crippen LogP contribution in [0.2, 0.25) is 0 Å². The summed E-state index contributed by atoms with van der Waals surface area (Å²) in [7, 11) is 0. The van der Waals surface area contributed by atoms with Crippen molar-refractivity contribution in [2.24, 2.45) is 0 Å². The third-order valence-electron chi connectivity index (χ3n) is 5.81. The number of hydrogen-bond acceptors (Lipinski definition) is 6. The highest BCUT2D eigenvalue weighted by molar-refractivity contribution is 8.18. The van der Waals surface area contributed by atoms with E-state index in [0.717, 1.165) is 39.9 Å². The summed E-state index contributed by atoms with van der Waals surface area (Å²) in [6.45, 7) is 14.9. The molecule has 2 aliphatic heterocycles. The summed E-state index contributed by atoms with van der Waals surface area (Å²) in [6.07, 6.45) is 4.01. The minimum Gasteiger partial charge on any atom is -0.464 e. The van der Waals surface area contributed by atoms with Gasteiger partial charge in [-0.05, 0) is 95.1 Å². The number of rotatable bonds is 5. The minimum atomic E-state index is -0.950. The van der Waals surface area contributed by atoms with E-state index < -0.39 is 23.2 Å². The molecule has 31 heavy (non-hydrogen) atoms. The van der Waals surface area contributed by atoms with Gasteiger partial charge in [0, 0.05) is 17.8 Å². The summed E-state index contributed by atoms with van der Waals surface area (Å²) in [4.78, 5) is 41.1. The molecule has 1 saturated heterocycles. The van der Waals surface area contributed by atoms with Crippen LogP contribution < -0.4 is 4.90 Å². The lowest BCUT2D eigenvalue weighted by atomic mass is 9.87. The van der Waals surface area contributed by atoms with Crippen molar-refractivity contribution >= 4 is 46.2 Å². The number of nitrogens with zero attached hydrogens (tertiary/aromatic N) is 2. The smallest absolute Gasteiger partial charge is 0.329 e. The molecule has 166 valence electrons. The molecule has 2 heterocycles. The van der Waals surface area contributed by atoms with Crippen LogP contribution in [-0.4, -0.2) is 46.7 Å². The number of amides is 2. The molecule has 0 aromatic heterocycles. The van der Waals surface area contributed by atoms with Gasteiger partial charge in [-0.1, -0.05) is 6.08 Å². The van der Waals surface area contributed by atoms with Crippen LogP contribution in [0.5, 0.6) is 0 Å². The standard InChI is InChI=1S/C24H30N2O4S/c1-8-25-19-10-14(3)17(11-18(19)15(4)13-24(25,6)7)12-20-21(27)26(23(29)31-20)16(5)22(28)30-9-2/h10-13,16H,8-9H2,1-7H3/b20-12+. The Hall–Kier alpha value is -2.54. The van der Waals surface area contributed by atoms with Gasteiger partial charge in [0.25, 0.3) is 11.1 Å². The van der Waals surface area contributed by atoms with Crippen molar-refractivity contribution in [3.05, 3.63) is 39.8 Å². The molecule has 0 N–H and O–H groups in total. The zero-order valence-electron chi connectivity index (χ0n) is 19.2. The number of likely N-dealkylation sites (N-methyl/N-ethyl adjacent to an activating group) is 1. The Morgan fingerprint density at radius 1 is 1.23 bits per heavy atom. The van der Waals surface area contributed by atoms with Gasteiger partial charge in [-0.3, -0.25) is 14.5 Å². The number of imide groups is 1. The summed E-state index contributed by atoms with van der Waals surface area (Å²) in [5, 5.41) is -0.456. The number of allylic oxidation sites excluding steroid dienone is 1. The van der Waals surface area contributed by atoms with Crippen LogP contribution in [0.1, 0.15) is 58.2 Å². The highest BCUT2D eigenvalue weighted by Crippen LogP contribution is 2.41. The highest BCUT2D eigenvalue weighted by atomic mass is 32.2. The number of thioether (sulfide) groups is 1. The van der Waals surface area contributed by atoms with E-state index in [0.29, 0.717) is 4.91 Å². The van der Waals surface area contributed by atoms with Crippen molar-refractivity contribution in [2.75, 3.05) is 18.1 Å². The predicted molar refractivity (Wildman–Crippen MR) is 126 cm³/mol. The lowest BCUT2D eigenvalue weighted by Crippen LogP contribution is -2.44. The molecule has 0 bridgehead atoms. The normalized spacial score (nSPS) is 20.1. The minimum absolute atomic E-state index is 0.0777. The topological polar surface area (TPSA) is 66.9 Å². The third-order valence-corrected chi connectivity index (χ3v) is 6.69. The Kier molecular flexibility index (Phi) is 6.37. The molecule has 1 aromatic rings. The fourth-order valence-electron chi connectivity index (χ4n) is 4.30. The van der Waals surface area contributed by atoms with Crippen molar-refractivity contribution in [3.63, 3.8) is 0 Å². The molecule has 3 rings (SSSR count). The highest BCUT2D eigenvalue weighted by Gasteiger charge is 2.41. The van der Waals surface area contributed by atoms with E-state index in [-0.39, 0.29) is 12.1 Å². The first-order chi connectivity index (χ1) is 14.5. The van der Waals surface area contributed by atoms with E-state index in [2.05, 4.69) is 50.8 Å². The molecule has 1 aromatic carbocycles. The van der Waals surface area contributed by atoms with Gasteiger partial charge in [-0.25, -0.2) is 4.79 Å². The summed E-state index contributed by atoms with van der Waals surface area (Å²) in [6, 6.07) is 3.28. The van der Waals surface area contributed by atoms with Crippen LogP contribution in [0, 0.1) is 6.92 Å². The van der Waals surface area contributed by atoms with Gasteiger partial charge in [0.2, 0.25) is 0 Å². The third kappa shape index (κ3) is 4.15. The lowest BCUT2D eigenvalue weighted by molar-refractivity contribution is -0.150. The monoisotopic (exact) mass is 442 g/mol. The van der Waals surface area contributed by atoms with Gasteiger partial charge in [-0.15, -0.1) is 0 Å². The molecular weight excluding hydrogens is 412 g/mol. The van der Waals surface area contributed by atoms with Gasteiger partial charge in [0.1, 0.15) is 6.04 Å². The molecule has 7 heteroatoms. The van der Waals surface area contributed by atoms with Gasteiger partial charge in [0.05, 0.1) is 17.1 Å². The maximum atomic E-state index is 12.9. The molecule has 0 spiro atoms.